The van der Waals surface area contributed by atoms with Gasteiger partial charge in [0.25, 0.3) is 5.69 Å². The average Bonchev–Trinajstić information content (AvgIpc) is 2.21. The minimum absolute atomic E-state index is 0.0925. The van der Waals surface area contributed by atoms with Gasteiger partial charge >= 0.3 is 0 Å². The van der Waals surface area contributed by atoms with E-state index in [-0.39, 0.29) is 5.69 Å². The predicted molar refractivity (Wildman–Crippen MR) is 57.7 cm³/mol. The Bertz CT molecular complexity index is 374. The van der Waals surface area contributed by atoms with E-state index in [1.165, 1.54) is 6.07 Å². The lowest BCUT2D eigenvalue weighted by molar-refractivity contribution is -0.385. The van der Waals surface area contributed by atoms with Crippen molar-refractivity contribution in [3.8, 4) is 0 Å². The molecule has 0 heterocycles. The molecule has 0 radical (unpaired) electrons. The van der Waals surface area contributed by atoms with Gasteiger partial charge in [-0.05, 0) is 17.5 Å². The maximum Gasteiger partial charge on any atom is 0.269 e. The van der Waals surface area contributed by atoms with Gasteiger partial charge in [-0.3, -0.25) is 10.1 Å². The monoisotopic (exact) mass is 207 g/mol. The fourth-order valence-electron chi connectivity index (χ4n) is 1.37. The van der Waals surface area contributed by atoms with Crippen LogP contribution in [0.4, 0.5) is 5.69 Å². The Morgan fingerprint density at radius 1 is 1.53 bits per heavy atom. The molecule has 1 rings (SSSR count). The Hall–Kier alpha value is -1.68. The van der Waals surface area contributed by atoms with E-state index < -0.39 is 4.92 Å². The van der Waals surface area contributed by atoms with Crippen LogP contribution in [-0.4, -0.2) is 12.0 Å². The molecule has 0 saturated carbocycles. The molecule has 0 atom stereocenters. The van der Waals surface area contributed by atoms with Gasteiger partial charge in [0.05, 0.1) is 11.5 Å². The summed E-state index contributed by atoms with van der Waals surface area (Å²) >= 11 is 0. The highest BCUT2D eigenvalue weighted by Crippen LogP contribution is 2.19. The zero-order valence-corrected chi connectivity index (χ0v) is 8.60. The second-order valence-corrected chi connectivity index (χ2v) is 3.14. The molecule has 0 N–H and O–H groups in total. The third-order valence-electron chi connectivity index (χ3n) is 2.06. The van der Waals surface area contributed by atoms with Crippen LogP contribution in [0.1, 0.15) is 11.1 Å². The first-order chi connectivity index (χ1) is 7.19. The van der Waals surface area contributed by atoms with Gasteiger partial charge in [0, 0.05) is 19.2 Å². The fraction of sp³-hybridized carbons (Fsp3) is 0.273. The van der Waals surface area contributed by atoms with E-state index in [1.54, 1.807) is 25.3 Å². The number of nitrogens with zero attached hydrogens (tertiary/aromatic N) is 1. The van der Waals surface area contributed by atoms with E-state index in [4.69, 9.17) is 4.74 Å². The molecule has 1 aromatic carbocycles. The molecule has 15 heavy (non-hydrogen) atoms. The standard InChI is InChI=1S/C11H13NO3/c1-3-4-9-5-6-11(12(13)14)7-10(9)8-15-2/h3,5-7H,1,4,8H2,2H3. The van der Waals surface area contributed by atoms with E-state index in [9.17, 15) is 10.1 Å². The number of rotatable bonds is 5. The zero-order chi connectivity index (χ0) is 11.3. The molecule has 1 aromatic rings. The van der Waals surface area contributed by atoms with Crippen molar-refractivity contribution in [1.29, 1.82) is 0 Å². The normalized spacial score (nSPS) is 9.93. The summed E-state index contributed by atoms with van der Waals surface area (Å²) in [7, 11) is 1.57. The van der Waals surface area contributed by atoms with Crippen molar-refractivity contribution in [2.45, 2.75) is 13.0 Å². The van der Waals surface area contributed by atoms with Crippen LogP contribution in [-0.2, 0) is 17.8 Å². The van der Waals surface area contributed by atoms with Crippen molar-refractivity contribution < 1.29 is 9.66 Å². The summed E-state index contributed by atoms with van der Waals surface area (Å²) in [5, 5.41) is 10.6. The number of non-ortho nitro benzene ring substituents is 1. The van der Waals surface area contributed by atoms with Crippen LogP contribution in [0.2, 0.25) is 0 Å². The molecule has 0 fully saturated rings. The maximum absolute atomic E-state index is 10.6. The van der Waals surface area contributed by atoms with Crippen LogP contribution >= 0.6 is 0 Å². The summed E-state index contributed by atoms with van der Waals surface area (Å²) in [6.45, 7) is 4.02. The van der Waals surface area contributed by atoms with Crippen molar-refractivity contribution in [1.82, 2.24) is 0 Å². The first kappa shape index (κ1) is 11.4. The highest BCUT2D eigenvalue weighted by molar-refractivity contribution is 5.40. The lowest BCUT2D eigenvalue weighted by Gasteiger charge is -2.06. The summed E-state index contributed by atoms with van der Waals surface area (Å²) < 4.78 is 4.99. The maximum atomic E-state index is 10.6. The van der Waals surface area contributed by atoms with Crippen molar-refractivity contribution in [2.24, 2.45) is 0 Å². The molecule has 0 aliphatic heterocycles. The predicted octanol–water partition coefficient (Wildman–Crippen LogP) is 2.47. The molecule has 0 unspecified atom stereocenters. The Morgan fingerprint density at radius 2 is 2.27 bits per heavy atom. The van der Waals surface area contributed by atoms with Crippen LogP contribution in [0.25, 0.3) is 0 Å². The van der Waals surface area contributed by atoms with Gasteiger partial charge in [-0.1, -0.05) is 12.1 Å². The van der Waals surface area contributed by atoms with Crippen molar-refractivity contribution in [3.63, 3.8) is 0 Å². The Kier molecular flexibility index (Phi) is 4.00. The van der Waals surface area contributed by atoms with Crippen LogP contribution < -0.4 is 0 Å². The molecule has 80 valence electrons. The zero-order valence-electron chi connectivity index (χ0n) is 8.60. The summed E-state index contributed by atoms with van der Waals surface area (Å²) in [5.74, 6) is 0. The van der Waals surface area contributed by atoms with Crippen LogP contribution in [0.5, 0.6) is 0 Å². The van der Waals surface area contributed by atoms with Crippen LogP contribution in [0.3, 0.4) is 0 Å². The molecular weight excluding hydrogens is 194 g/mol. The molecule has 0 amide bonds. The van der Waals surface area contributed by atoms with Crippen LogP contribution in [0, 0.1) is 10.1 Å². The third-order valence-corrected chi connectivity index (χ3v) is 2.06. The van der Waals surface area contributed by atoms with Crippen molar-refractivity contribution >= 4 is 5.69 Å². The SMILES string of the molecule is C=CCc1ccc([N+](=O)[O-])cc1COC. The van der Waals surface area contributed by atoms with Gasteiger partial charge in [0.1, 0.15) is 0 Å². The molecule has 0 aromatic heterocycles. The first-order valence-corrected chi connectivity index (χ1v) is 4.55. The van der Waals surface area contributed by atoms with Gasteiger partial charge in [-0.15, -0.1) is 6.58 Å². The molecular formula is C11H13NO3. The molecule has 4 nitrogen and oxygen atoms in total. The summed E-state index contributed by atoms with van der Waals surface area (Å²) in [5.41, 5.74) is 1.94. The van der Waals surface area contributed by atoms with Gasteiger partial charge < -0.3 is 4.74 Å². The van der Waals surface area contributed by atoms with E-state index in [0.29, 0.717) is 13.0 Å². The minimum Gasteiger partial charge on any atom is -0.380 e. The Morgan fingerprint density at radius 3 is 2.80 bits per heavy atom. The van der Waals surface area contributed by atoms with Crippen molar-refractivity contribution in [2.75, 3.05) is 7.11 Å². The lowest BCUT2D eigenvalue weighted by atomic mass is 10.0. The second kappa shape index (κ2) is 5.26. The quantitative estimate of drug-likeness (QED) is 0.423. The molecule has 0 bridgehead atoms. The number of benzene rings is 1. The molecule has 0 aliphatic rings. The van der Waals surface area contributed by atoms with E-state index in [2.05, 4.69) is 6.58 Å². The number of ether oxygens (including phenoxy) is 1. The van der Waals surface area contributed by atoms with Gasteiger partial charge in [0.15, 0.2) is 0 Å². The second-order valence-electron chi connectivity index (χ2n) is 3.14. The molecule has 4 heteroatoms. The van der Waals surface area contributed by atoms with Gasteiger partial charge in [0.2, 0.25) is 0 Å². The van der Waals surface area contributed by atoms with Gasteiger partial charge in [-0.2, -0.15) is 0 Å². The first-order valence-electron chi connectivity index (χ1n) is 4.55. The summed E-state index contributed by atoms with van der Waals surface area (Å²) in [6, 6.07) is 4.79. The third kappa shape index (κ3) is 2.89. The number of allylic oxidation sites excluding steroid dienone is 1. The molecule has 0 spiro atoms. The minimum atomic E-state index is -0.406. The fourth-order valence-corrected chi connectivity index (χ4v) is 1.37. The summed E-state index contributed by atoms with van der Waals surface area (Å²) in [6.07, 6.45) is 2.46. The number of nitro benzene ring substituents is 1. The van der Waals surface area contributed by atoms with E-state index in [0.717, 1.165) is 11.1 Å². The average molecular weight is 207 g/mol. The van der Waals surface area contributed by atoms with Gasteiger partial charge in [-0.25, -0.2) is 0 Å². The smallest absolute Gasteiger partial charge is 0.269 e. The Balaban J connectivity index is 3.07. The topological polar surface area (TPSA) is 52.4 Å². The largest absolute Gasteiger partial charge is 0.380 e. The molecule has 0 aliphatic carbocycles. The van der Waals surface area contributed by atoms with E-state index >= 15 is 0 Å². The highest BCUT2D eigenvalue weighted by Gasteiger charge is 2.09. The number of nitro groups is 1. The number of methoxy groups -OCH3 is 1. The lowest BCUT2D eigenvalue weighted by Crippen LogP contribution is -1.97. The van der Waals surface area contributed by atoms with Crippen LogP contribution in [0.15, 0.2) is 30.9 Å². The molecule has 0 saturated heterocycles. The van der Waals surface area contributed by atoms with Crippen molar-refractivity contribution in [3.05, 3.63) is 52.1 Å². The number of hydrogen-bond acceptors (Lipinski definition) is 3. The Labute approximate surface area is 88.3 Å². The number of hydrogen-bond donors (Lipinski definition) is 0. The van der Waals surface area contributed by atoms with E-state index in [1.807, 2.05) is 0 Å². The summed E-state index contributed by atoms with van der Waals surface area (Å²) in [4.78, 5) is 10.2. The highest BCUT2D eigenvalue weighted by atomic mass is 16.6.